The third kappa shape index (κ3) is 5.16. The van der Waals surface area contributed by atoms with Crippen molar-refractivity contribution in [3.63, 3.8) is 0 Å². The van der Waals surface area contributed by atoms with E-state index in [9.17, 15) is 21.6 Å². The molecule has 1 aromatic carbocycles. The molecule has 2 aromatic rings. The molecule has 1 aliphatic heterocycles. The molecule has 1 fully saturated rings. The van der Waals surface area contributed by atoms with Crippen molar-refractivity contribution in [3.8, 4) is 0 Å². The van der Waals surface area contributed by atoms with Crippen LogP contribution in [-0.2, 0) is 38.1 Å². The number of aromatic nitrogens is 2. The van der Waals surface area contributed by atoms with Gasteiger partial charge in [0.1, 0.15) is 4.90 Å². The normalized spacial score (nSPS) is 16.5. The highest BCUT2D eigenvalue weighted by molar-refractivity contribution is 7.92. The van der Waals surface area contributed by atoms with Gasteiger partial charge in [-0.05, 0) is 38.0 Å². The number of benzene rings is 1. The van der Waals surface area contributed by atoms with Crippen LogP contribution >= 0.6 is 0 Å². The van der Waals surface area contributed by atoms with Gasteiger partial charge in [0, 0.05) is 39.4 Å². The standard InChI is InChI=1S/C20H28N4O5S2/c1-16(2)30(26,27)18-7-5-17(6-8-18)13-20(25)23-9-4-10-24(12-11-23)31(28,29)19-14-21-22(3)15-19/h5-8,14-16H,4,9-13H2,1-3H3. The number of amides is 1. The zero-order chi connectivity index (χ0) is 22.8. The third-order valence-corrected chi connectivity index (χ3v) is 9.38. The summed E-state index contributed by atoms with van der Waals surface area (Å²) < 4.78 is 52.9. The van der Waals surface area contributed by atoms with Crippen molar-refractivity contribution in [3.05, 3.63) is 42.2 Å². The van der Waals surface area contributed by atoms with Crippen LogP contribution in [0.3, 0.4) is 0 Å². The molecule has 2 heterocycles. The van der Waals surface area contributed by atoms with Crippen LogP contribution in [0.5, 0.6) is 0 Å². The van der Waals surface area contributed by atoms with E-state index in [0.29, 0.717) is 26.1 Å². The van der Waals surface area contributed by atoms with E-state index in [4.69, 9.17) is 0 Å². The van der Waals surface area contributed by atoms with Crippen LogP contribution in [0.4, 0.5) is 0 Å². The molecule has 3 rings (SSSR count). The van der Waals surface area contributed by atoms with Crippen LogP contribution in [0.15, 0.2) is 46.5 Å². The number of carbonyl (C=O) groups excluding carboxylic acids is 1. The molecular weight excluding hydrogens is 440 g/mol. The van der Waals surface area contributed by atoms with Gasteiger partial charge in [0.15, 0.2) is 9.84 Å². The maximum Gasteiger partial charge on any atom is 0.246 e. The Bertz CT molecular complexity index is 1140. The van der Waals surface area contributed by atoms with Crippen LogP contribution in [0.1, 0.15) is 25.8 Å². The van der Waals surface area contributed by atoms with E-state index in [0.717, 1.165) is 5.56 Å². The van der Waals surface area contributed by atoms with E-state index in [1.54, 1.807) is 37.9 Å². The molecule has 0 radical (unpaired) electrons. The number of nitrogens with zero attached hydrogens (tertiary/aromatic N) is 4. The monoisotopic (exact) mass is 468 g/mol. The minimum absolute atomic E-state index is 0.111. The molecule has 11 heteroatoms. The smallest absolute Gasteiger partial charge is 0.246 e. The average molecular weight is 469 g/mol. The van der Waals surface area contributed by atoms with Crippen molar-refractivity contribution in [1.29, 1.82) is 0 Å². The second-order valence-electron chi connectivity index (χ2n) is 7.90. The van der Waals surface area contributed by atoms with E-state index in [1.807, 2.05) is 0 Å². The number of sulfonamides is 1. The molecule has 1 amide bonds. The molecule has 0 spiro atoms. The summed E-state index contributed by atoms with van der Waals surface area (Å²) in [6, 6.07) is 6.37. The van der Waals surface area contributed by atoms with Crippen molar-refractivity contribution in [1.82, 2.24) is 19.0 Å². The topological polar surface area (TPSA) is 110 Å². The molecule has 0 unspecified atom stereocenters. The third-order valence-electron chi connectivity index (χ3n) is 5.35. The fourth-order valence-electron chi connectivity index (χ4n) is 3.42. The van der Waals surface area contributed by atoms with Gasteiger partial charge in [0.25, 0.3) is 0 Å². The summed E-state index contributed by atoms with van der Waals surface area (Å²) in [6.45, 7) is 4.58. The Morgan fingerprint density at radius 1 is 1.00 bits per heavy atom. The SMILES string of the molecule is CC(C)S(=O)(=O)c1ccc(CC(=O)N2CCCN(S(=O)(=O)c3cnn(C)c3)CC2)cc1. The number of carbonyl (C=O) groups is 1. The zero-order valence-corrected chi connectivity index (χ0v) is 19.6. The highest BCUT2D eigenvalue weighted by atomic mass is 32.2. The summed E-state index contributed by atoms with van der Waals surface area (Å²) >= 11 is 0. The Labute approximate surface area is 183 Å². The minimum atomic E-state index is -3.64. The highest BCUT2D eigenvalue weighted by Gasteiger charge is 2.29. The zero-order valence-electron chi connectivity index (χ0n) is 17.9. The van der Waals surface area contributed by atoms with Gasteiger partial charge in [-0.25, -0.2) is 16.8 Å². The van der Waals surface area contributed by atoms with Gasteiger partial charge in [0.05, 0.1) is 22.8 Å². The Balaban J connectivity index is 1.63. The quantitative estimate of drug-likeness (QED) is 0.627. The first-order valence-electron chi connectivity index (χ1n) is 10.1. The molecule has 31 heavy (non-hydrogen) atoms. The van der Waals surface area contributed by atoms with Gasteiger partial charge >= 0.3 is 0 Å². The number of sulfone groups is 1. The van der Waals surface area contributed by atoms with Crippen molar-refractivity contribution in [2.75, 3.05) is 26.2 Å². The lowest BCUT2D eigenvalue weighted by molar-refractivity contribution is -0.130. The maximum absolute atomic E-state index is 12.8. The van der Waals surface area contributed by atoms with Crippen LogP contribution in [-0.4, -0.2) is 73.2 Å². The first kappa shape index (κ1) is 23.4. The van der Waals surface area contributed by atoms with Crippen molar-refractivity contribution in [2.45, 2.75) is 41.7 Å². The number of hydrogen-bond acceptors (Lipinski definition) is 6. The molecule has 0 bridgehead atoms. The summed E-state index contributed by atoms with van der Waals surface area (Å²) in [7, 11) is -5.34. The molecule has 0 atom stereocenters. The fraction of sp³-hybridized carbons (Fsp3) is 0.500. The molecule has 170 valence electrons. The van der Waals surface area contributed by atoms with Gasteiger partial charge in [-0.2, -0.15) is 9.40 Å². The van der Waals surface area contributed by atoms with E-state index in [1.165, 1.54) is 33.5 Å². The molecule has 0 saturated carbocycles. The Kier molecular flexibility index (Phi) is 6.87. The molecule has 1 aliphatic rings. The van der Waals surface area contributed by atoms with Gasteiger partial charge in [-0.3, -0.25) is 9.48 Å². The molecular formula is C20H28N4O5S2. The van der Waals surface area contributed by atoms with Crippen LogP contribution in [0.25, 0.3) is 0 Å². The van der Waals surface area contributed by atoms with Crippen LogP contribution in [0.2, 0.25) is 0 Å². The van der Waals surface area contributed by atoms with Crippen molar-refractivity contribution < 1.29 is 21.6 Å². The highest BCUT2D eigenvalue weighted by Crippen LogP contribution is 2.19. The predicted molar refractivity (Wildman–Crippen MR) is 116 cm³/mol. The summed E-state index contributed by atoms with van der Waals surface area (Å²) in [6.07, 6.45) is 3.47. The number of aryl methyl sites for hydroxylation is 1. The minimum Gasteiger partial charge on any atom is -0.341 e. The van der Waals surface area contributed by atoms with E-state index in [2.05, 4.69) is 5.10 Å². The Hall–Kier alpha value is -2.24. The van der Waals surface area contributed by atoms with Crippen molar-refractivity contribution in [2.24, 2.45) is 7.05 Å². The lowest BCUT2D eigenvalue weighted by Gasteiger charge is -2.21. The van der Waals surface area contributed by atoms with Crippen molar-refractivity contribution >= 4 is 25.8 Å². The van der Waals surface area contributed by atoms with Crippen LogP contribution < -0.4 is 0 Å². The summed E-state index contributed by atoms with van der Waals surface area (Å²) in [5.41, 5.74) is 0.719. The first-order valence-corrected chi connectivity index (χ1v) is 13.1. The van der Waals surface area contributed by atoms with E-state index >= 15 is 0 Å². The second-order valence-corrected chi connectivity index (χ2v) is 12.3. The van der Waals surface area contributed by atoms with Gasteiger partial charge < -0.3 is 4.90 Å². The Morgan fingerprint density at radius 2 is 1.68 bits per heavy atom. The van der Waals surface area contributed by atoms with Gasteiger partial charge in [0.2, 0.25) is 15.9 Å². The van der Waals surface area contributed by atoms with Gasteiger partial charge in [-0.15, -0.1) is 0 Å². The fourth-order valence-corrected chi connectivity index (χ4v) is 5.94. The molecule has 9 nitrogen and oxygen atoms in total. The van der Waals surface area contributed by atoms with Crippen LogP contribution in [0, 0.1) is 0 Å². The molecule has 0 N–H and O–H groups in total. The number of hydrogen-bond donors (Lipinski definition) is 0. The first-order chi connectivity index (χ1) is 14.5. The van der Waals surface area contributed by atoms with Gasteiger partial charge in [-0.1, -0.05) is 12.1 Å². The average Bonchev–Trinajstić information content (AvgIpc) is 3.00. The largest absolute Gasteiger partial charge is 0.341 e. The second kappa shape index (κ2) is 9.09. The van der Waals surface area contributed by atoms with E-state index in [-0.39, 0.29) is 28.7 Å². The summed E-state index contributed by atoms with van der Waals surface area (Å²) in [5.74, 6) is -0.111. The van der Waals surface area contributed by atoms with E-state index < -0.39 is 25.1 Å². The number of rotatable bonds is 6. The summed E-state index contributed by atoms with van der Waals surface area (Å²) in [4.78, 5) is 14.8. The molecule has 0 aliphatic carbocycles. The maximum atomic E-state index is 12.8. The predicted octanol–water partition coefficient (Wildman–Crippen LogP) is 1.07. The Morgan fingerprint density at radius 3 is 2.26 bits per heavy atom. The summed E-state index contributed by atoms with van der Waals surface area (Å²) in [5, 5.41) is 3.42. The lowest BCUT2D eigenvalue weighted by Crippen LogP contribution is -2.37. The lowest BCUT2D eigenvalue weighted by atomic mass is 10.1. The molecule has 1 saturated heterocycles. The molecule has 1 aromatic heterocycles.